The van der Waals surface area contributed by atoms with Crippen molar-refractivity contribution in [3.8, 4) is 0 Å². The molecule has 0 aliphatic rings. The predicted octanol–water partition coefficient (Wildman–Crippen LogP) is 4.17. The van der Waals surface area contributed by atoms with E-state index in [9.17, 15) is 14.4 Å². The minimum atomic E-state index is -0.230. The molecular weight excluding hydrogens is 328 g/mol. The Morgan fingerprint density at radius 2 is 1.54 bits per heavy atom. The van der Waals surface area contributed by atoms with E-state index in [0.29, 0.717) is 16.9 Å². The standard InChI is InChI=1S/C21H24N2O3/c1-13-5-6-14(2)18(11-13)20(25)9-10-21(26)23-19-12-17(22-16(4)24)8-7-15(19)3/h5-8,11-12H,9-10H2,1-4H3,(H,22,24)(H,23,26). The number of ketones is 1. The molecule has 0 atom stereocenters. The first-order valence-electron chi connectivity index (χ1n) is 8.55. The van der Waals surface area contributed by atoms with Gasteiger partial charge in [-0.15, -0.1) is 0 Å². The van der Waals surface area contributed by atoms with Gasteiger partial charge in [-0.1, -0.05) is 23.8 Å². The smallest absolute Gasteiger partial charge is 0.224 e. The van der Waals surface area contributed by atoms with E-state index in [-0.39, 0.29) is 30.4 Å². The number of hydrogen-bond acceptors (Lipinski definition) is 3. The van der Waals surface area contributed by atoms with E-state index in [4.69, 9.17) is 0 Å². The lowest BCUT2D eigenvalue weighted by molar-refractivity contribution is -0.116. The van der Waals surface area contributed by atoms with E-state index >= 15 is 0 Å². The number of hydrogen-bond donors (Lipinski definition) is 2. The molecule has 2 aromatic rings. The molecule has 2 aromatic carbocycles. The van der Waals surface area contributed by atoms with E-state index in [2.05, 4.69) is 10.6 Å². The largest absolute Gasteiger partial charge is 0.326 e. The Morgan fingerprint density at radius 3 is 2.23 bits per heavy atom. The zero-order valence-electron chi connectivity index (χ0n) is 15.6. The van der Waals surface area contributed by atoms with Crippen LogP contribution in [0.2, 0.25) is 0 Å². The summed E-state index contributed by atoms with van der Waals surface area (Å²) in [6.45, 7) is 7.13. The van der Waals surface area contributed by atoms with Crippen molar-refractivity contribution in [3.63, 3.8) is 0 Å². The first kappa shape index (κ1) is 19.4. The number of Topliss-reactive ketones (excluding diaryl/α,β-unsaturated/α-hetero) is 1. The SMILES string of the molecule is CC(=O)Nc1ccc(C)c(NC(=O)CCC(=O)c2cc(C)ccc2C)c1. The monoisotopic (exact) mass is 352 g/mol. The van der Waals surface area contributed by atoms with Crippen molar-refractivity contribution in [2.75, 3.05) is 10.6 Å². The van der Waals surface area contributed by atoms with Crippen molar-refractivity contribution >= 4 is 29.0 Å². The van der Waals surface area contributed by atoms with Gasteiger partial charge >= 0.3 is 0 Å². The fraction of sp³-hybridized carbons (Fsp3) is 0.286. The Labute approximate surface area is 153 Å². The van der Waals surface area contributed by atoms with Gasteiger partial charge in [0, 0.05) is 36.7 Å². The molecule has 0 fully saturated rings. The van der Waals surface area contributed by atoms with Gasteiger partial charge in [0.1, 0.15) is 0 Å². The Hall–Kier alpha value is -2.95. The molecular formula is C21H24N2O3. The molecule has 0 aliphatic carbocycles. The summed E-state index contributed by atoms with van der Waals surface area (Å²) >= 11 is 0. The molecule has 2 rings (SSSR count). The lowest BCUT2D eigenvalue weighted by atomic mass is 9.99. The van der Waals surface area contributed by atoms with Crippen molar-refractivity contribution < 1.29 is 14.4 Å². The quantitative estimate of drug-likeness (QED) is 0.766. The highest BCUT2D eigenvalue weighted by molar-refractivity contribution is 6.01. The van der Waals surface area contributed by atoms with Gasteiger partial charge in [-0.25, -0.2) is 0 Å². The molecule has 0 bridgehead atoms. The average Bonchev–Trinajstić information content (AvgIpc) is 2.57. The molecule has 0 heterocycles. The minimum Gasteiger partial charge on any atom is -0.326 e. The van der Waals surface area contributed by atoms with Crippen LogP contribution in [0.15, 0.2) is 36.4 Å². The topological polar surface area (TPSA) is 75.3 Å². The molecule has 26 heavy (non-hydrogen) atoms. The van der Waals surface area contributed by atoms with Gasteiger partial charge < -0.3 is 10.6 Å². The van der Waals surface area contributed by atoms with Gasteiger partial charge in [-0.2, -0.15) is 0 Å². The Morgan fingerprint density at radius 1 is 0.846 bits per heavy atom. The van der Waals surface area contributed by atoms with Crippen molar-refractivity contribution in [1.82, 2.24) is 0 Å². The van der Waals surface area contributed by atoms with Crippen LogP contribution in [0, 0.1) is 20.8 Å². The lowest BCUT2D eigenvalue weighted by Crippen LogP contribution is -2.15. The van der Waals surface area contributed by atoms with E-state index in [0.717, 1.165) is 16.7 Å². The fourth-order valence-electron chi connectivity index (χ4n) is 2.65. The molecule has 2 N–H and O–H groups in total. The van der Waals surface area contributed by atoms with Gasteiger partial charge in [-0.3, -0.25) is 14.4 Å². The van der Waals surface area contributed by atoms with Gasteiger partial charge in [0.05, 0.1) is 0 Å². The highest BCUT2D eigenvalue weighted by Gasteiger charge is 2.13. The van der Waals surface area contributed by atoms with Crippen molar-refractivity contribution in [2.24, 2.45) is 0 Å². The molecule has 0 unspecified atom stereocenters. The normalized spacial score (nSPS) is 10.3. The molecule has 5 heteroatoms. The number of anilines is 2. The van der Waals surface area contributed by atoms with Crippen molar-refractivity contribution in [1.29, 1.82) is 0 Å². The van der Waals surface area contributed by atoms with E-state index < -0.39 is 0 Å². The van der Waals surface area contributed by atoms with Crippen LogP contribution in [0.4, 0.5) is 11.4 Å². The third-order valence-electron chi connectivity index (χ3n) is 4.10. The number of rotatable bonds is 6. The second-order valence-corrected chi connectivity index (χ2v) is 6.50. The van der Waals surface area contributed by atoms with Gasteiger partial charge in [0.25, 0.3) is 0 Å². The predicted molar refractivity (Wildman–Crippen MR) is 104 cm³/mol. The molecule has 0 aromatic heterocycles. The lowest BCUT2D eigenvalue weighted by Gasteiger charge is -2.11. The van der Waals surface area contributed by atoms with Crippen molar-refractivity contribution in [2.45, 2.75) is 40.5 Å². The summed E-state index contributed by atoms with van der Waals surface area (Å²) in [5.74, 6) is -0.443. The summed E-state index contributed by atoms with van der Waals surface area (Å²) < 4.78 is 0. The maximum Gasteiger partial charge on any atom is 0.224 e. The second-order valence-electron chi connectivity index (χ2n) is 6.50. The number of benzene rings is 2. The van der Waals surface area contributed by atoms with Crippen LogP contribution in [-0.2, 0) is 9.59 Å². The first-order valence-corrected chi connectivity index (χ1v) is 8.55. The average molecular weight is 352 g/mol. The van der Waals surface area contributed by atoms with Crippen LogP contribution in [-0.4, -0.2) is 17.6 Å². The molecule has 0 radical (unpaired) electrons. The van der Waals surface area contributed by atoms with Crippen molar-refractivity contribution in [3.05, 3.63) is 58.7 Å². The van der Waals surface area contributed by atoms with E-state index in [1.54, 1.807) is 12.1 Å². The van der Waals surface area contributed by atoms with Crippen LogP contribution in [0.3, 0.4) is 0 Å². The second kappa shape index (κ2) is 8.43. The highest BCUT2D eigenvalue weighted by Crippen LogP contribution is 2.21. The summed E-state index contributed by atoms with van der Waals surface area (Å²) in [6, 6.07) is 11.0. The fourth-order valence-corrected chi connectivity index (χ4v) is 2.65. The van der Waals surface area contributed by atoms with Crippen LogP contribution in [0.5, 0.6) is 0 Å². The number of carbonyl (C=O) groups excluding carboxylic acids is 3. The zero-order chi connectivity index (χ0) is 19.3. The third-order valence-corrected chi connectivity index (χ3v) is 4.10. The van der Waals surface area contributed by atoms with Gasteiger partial charge in [0.15, 0.2) is 5.78 Å². The van der Waals surface area contributed by atoms with Crippen LogP contribution in [0.25, 0.3) is 0 Å². The highest BCUT2D eigenvalue weighted by atomic mass is 16.2. The Balaban J connectivity index is 1.99. The summed E-state index contributed by atoms with van der Waals surface area (Å²) in [5, 5.41) is 5.50. The Bertz CT molecular complexity index is 856. The maximum atomic E-state index is 12.4. The minimum absolute atomic E-state index is 0.0370. The van der Waals surface area contributed by atoms with Gasteiger partial charge in [0.2, 0.25) is 11.8 Å². The molecule has 2 amide bonds. The number of carbonyl (C=O) groups is 3. The third kappa shape index (κ3) is 5.28. The molecule has 136 valence electrons. The van der Waals surface area contributed by atoms with E-state index in [1.165, 1.54) is 6.92 Å². The summed E-state index contributed by atoms with van der Waals surface area (Å²) in [7, 11) is 0. The number of nitrogens with one attached hydrogen (secondary N) is 2. The molecule has 0 aliphatic heterocycles. The molecule has 0 saturated heterocycles. The molecule has 5 nitrogen and oxygen atoms in total. The zero-order valence-corrected chi connectivity index (χ0v) is 15.6. The number of aryl methyl sites for hydroxylation is 3. The van der Waals surface area contributed by atoms with Crippen LogP contribution in [0.1, 0.15) is 46.8 Å². The first-order chi connectivity index (χ1) is 12.3. The number of amides is 2. The molecule has 0 saturated carbocycles. The van der Waals surface area contributed by atoms with Gasteiger partial charge in [-0.05, 0) is 50.1 Å². The summed E-state index contributed by atoms with van der Waals surface area (Å²) in [6.07, 6.45) is 0.260. The molecule has 0 spiro atoms. The van der Waals surface area contributed by atoms with Crippen LogP contribution < -0.4 is 10.6 Å². The Kier molecular flexibility index (Phi) is 6.28. The van der Waals surface area contributed by atoms with E-state index in [1.807, 2.05) is 45.0 Å². The summed E-state index contributed by atoms with van der Waals surface area (Å²) in [4.78, 5) is 35.8. The van der Waals surface area contributed by atoms with Crippen LogP contribution >= 0.6 is 0 Å². The maximum absolute atomic E-state index is 12.4. The summed E-state index contributed by atoms with van der Waals surface area (Å²) in [5.41, 5.74) is 4.73.